The van der Waals surface area contributed by atoms with Crippen molar-refractivity contribution >= 4 is 17.5 Å². The van der Waals surface area contributed by atoms with Gasteiger partial charge in [-0.15, -0.1) is 0 Å². The van der Waals surface area contributed by atoms with Crippen LogP contribution in [0.15, 0.2) is 47.3 Å². The summed E-state index contributed by atoms with van der Waals surface area (Å²) in [4.78, 5) is 31.4. The fourth-order valence-electron chi connectivity index (χ4n) is 6.09. The van der Waals surface area contributed by atoms with Crippen molar-refractivity contribution in [1.82, 2.24) is 19.5 Å². The van der Waals surface area contributed by atoms with Crippen LogP contribution in [0.1, 0.15) is 64.2 Å². The number of carbonyl (C=O) groups excluding carboxylic acids is 2. The fraction of sp³-hybridized carbons (Fsp3) is 0.444. The van der Waals surface area contributed by atoms with Crippen molar-refractivity contribution in [3.63, 3.8) is 0 Å². The Labute approximate surface area is 210 Å². The van der Waals surface area contributed by atoms with Gasteiger partial charge in [-0.05, 0) is 38.0 Å². The Balaban J connectivity index is 1.42. The SMILES string of the molecule is COc1ccc(C23Cn4cc(NC5CCCCC5)cc4C(=O)N2CCN3C(=O)c2conc2C)cc1. The van der Waals surface area contributed by atoms with Crippen LogP contribution in [-0.4, -0.2) is 57.6 Å². The largest absolute Gasteiger partial charge is 0.497 e. The van der Waals surface area contributed by atoms with Crippen LogP contribution in [0.25, 0.3) is 0 Å². The highest BCUT2D eigenvalue weighted by molar-refractivity contribution is 5.99. The molecule has 6 rings (SSSR count). The number of nitrogens with one attached hydrogen (secondary N) is 1. The number of aromatic nitrogens is 2. The quantitative estimate of drug-likeness (QED) is 0.582. The molecule has 0 radical (unpaired) electrons. The number of rotatable bonds is 5. The molecule has 1 saturated heterocycles. The lowest BCUT2D eigenvalue weighted by Gasteiger charge is -2.47. The van der Waals surface area contributed by atoms with E-state index >= 15 is 0 Å². The zero-order valence-corrected chi connectivity index (χ0v) is 20.7. The number of ether oxygens (including phenoxy) is 1. The molecule has 9 nitrogen and oxygen atoms in total. The fourth-order valence-corrected chi connectivity index (χ4v) is 6.09. The van der Waals surface area contributed by atoms with Gasteiger partial charge in [0.1, 0.15) is 23.3 Å². The normalized spacial score (nSPS) is 21.9. The summed E-state index contributed by atoms with van der Waals surface area (Å²) in [6, 6.07) is 10.0. The maximum Gasteiger partial charge on any atom is 0.272 e. The van der Waals surface area contributed by atoms with Crippen molar-refractivity contribution in [2.75, 3.05) is 25.5 Å². The molecular weight excluding hydrogens is 458 g/mol. The molecule has 2 fully saturated rings. The first-order valence-electron chi connectivity index (χ1n) is 12.7. The predicted octanol–water partition coefficient (Wildman–Crippen LogP) is 4.00. The predicted molar refractivity (Wildman–Crippen MR) is 133 cm³/mol. The Morgan fingerprint density at radius 1 is 1.17 bits per heavy atom. The number of methoxy groups -OCH3 is 1. The summed E-state index contributed by atoms with van der Waals surface area (Å²) in [5.41, 5.74) is 2.44. The number of fused-ring (bicyclic) bond motifs is 2. The third kappa shape index (κ3) is 3.48. The number of nitrogens with zero attached hydrogens (tertiary/aromatic N) is 4. The van der Waals surface area contributed by atoms with E-state index in [9.17, 15) is 9.59 Å². The van der Waals surface area contributed by atoms with Crippen molar-refractivity contribution in [1.29, 1.82) is 0 Å². The summed E-state index contributed by atoms with van der Waals surface area (Å²) < 4.78 is 12.4. The number of hydrogen-bond donors (Lipinski definition) is 1. The standard InChI is InChI=1S/C27H31N5O4/c1-18-23(16-36-29-18)25(33)31-12-13-32-26(34)24-14-21(28-20-6-4-3-5-7-20)15-30(24)17-27(31,32)19-8-10-22(35-2)11-9-19/h8-11,14-16,20,28H,3-7,12-13,17H2,1-2H3. The number of aryl methyl sites for hydroxylation is 1. The highest BCUT2D eigenvalue weighted by Gasteiger charge is 2.56. The molecule has 0 spiro atoms. The van der Waals surface area contributed by atoms with E-state index in [1.54, 1.807) is 18.9 Å². The van der Waals surface area contributed by atoms with Gasteiger partial charge in [0.2, 0.25) is 0 Å². The summed E-state index contributed by atoms with van der Waals surface area (Å²) >= 11 is 0. The first-order chi connectivity index (χ1) is 17.5. The lowest BCUT2D eigenvalue weighted by molar-refractivity contribution is -0.00597. The molecule has 188 valence electrons. The van der Waals surface area contributed by atoms with Gasteiger partial charge in [-0.3, -0.25) is 9.59 Å². The van der Waals surface area contributed by atoms with Gasteiger partial charge in [0.05, 0.1) is 25.0 Å². The van der Waals surface area contributed by atoms with Crippen molar-refractivity contribution in [3.05, 3.63) is 65.3 Å². The van der Waals surface area contributed by atoms with E-state index in [1.807, 2.05) is 46.0 Å². The molecule has 2 amide bonds. The second-order valence-electron chi connectivity index (χ2n) is 9.99. The van der Waals surface area contributed by atoms with Crippen LogP contribution in [-0.2, 0) is 12.2 Å². The van der Waals surface area contributed by atoms with Gasteiger partial charge in [-0.1, -0.05) is 36.6 Å². The Kier molecular flexibility index (Phi) is 5.50. The minimum absolute atomic E-state index is 0.0777. The molecule has 1 aromatic carbocycles. The molecule has 1 N–H and O–H groups in total. The highest BCUT2D eigenvalue weighted by atomic mass is 16.5. The first-order valence-corrected chi connectivity index (χ1v) is 12.7. The molecule has 36 heavy (non-hydrogen) atoms. The van der Waals surface area contributed by atoms with Crippen LogP contribution in [0, 0.1) is 6.92 Å². The second-order valence-corrected chi connectivity index (χ2v) is 9.99. The Morgan fingerprint density at radius 2 is 1.94 bits per heavy atom. The highest BCUT2D eigenvalue weighted by Crippen LogP contribution is 2.44. The van der Waals surface area contributed by atoms with Gasteiger partial charge in [0.25, 0.3) is 11.8 Å². The van der Waals surface area contributed by atoms with Crippen LogP contribution < -0.4 is 10.1 Å². The van der Waals surface area contributed by atoms with Crippen LogP contribution in [0.3, 0.4) is 0 Å². The number of carbonyl (C=O) groups is 2. The van der Waals surface area contributed by atoms with Gasteiger partial charge >= 0.3 is 0 Å². The molecule has 1 saturated carbocycles. The van der Waals surface area contributed by atoms with Crippen LogP contribution in [0.2, 0.25) is 0 Å². The lowest BCUT2D eigenvalue weighted by atomic mass is 9.93. The Hall–Kier alpha value is -3.75. The van der Waals surface area contributed by atoms with Crippen molar-refractivity contribution < 1.29 is 18.8 Å². The molecule has 2 aromatic heterocycles. The van der Waals surface area contributed by atoms with Crippen molar-refractivity contribution in [3.8, 4) is 5.75 Å². The first kappa shape index (κ1) is 22.7. The van der Waals surface area contributed by atoms with E-state index in [2.05, 4.69) is 10.5 Å². The van der Waals surface area contributed by atoms with Crippen molar-refractivity contribution in [2.45, 2.75) is 57.3 Å². The van der Waals surface area contributed by atoms with Gasteiger partial charge in [0.15, 0.2) is 5.66 Å². The average molecular weight is 490 g/mol. The minimum atomic E-state index is -0.974. The van der Waals surface area contributed by atoms with Gasteiger partial charge < -0.3 is 28.9 Å². The third-order valence-electron chi connectivity index (χ3n) is 7.95. The zero-order valence-electron chi connectivity index (χ0n) is 20.7. The number of anilines is 1. The molecule has 4 heterocycles. The summed E-state index contributed by atoms with van der Waals surface area (Å²) in [5, 5.41) is 7.55. The van der Waals surface area contributed by atoms with E-state index in [4.69, 9.17) is 9.26 Å². The van der Waals surface area contributed by atoms with Crippen LogP contribution >= 0.6 is 0 Å². The number of amides is 2. The smallest absolute Gasteiger partial charge is 0.272 e. The minimum Gasteiger partial charge on any atom is -0.497 e. The Morgan fingerprint density at radius 3 is 2.64 bits per heavy atom. The number of hydrogen-bond acceptors (Lipinski definition) is 6. The maximum atomic E-state index is 13.9. The summed E-state index contributed by atoms with van der Waals surface area (Å²) in [7, 11) is 1.62. The molecular formula is C27H31N5O4. The molecule has 1 aliphatic carbocycles. The van der Waals surface area contributed by atoms with Crippen LogP contribution in [0.4, 0.5) is 5.69 Å². The summed E-state index contributed by atoms with van der Waals surface area (Å²) in [5.74, 6) is 0.442. The van der Waals surface area contributed by atoms with E-state index < -0.39 is 5.66 Å². The maximum absolute atomic E-state index is 13.9. The lowest BCUT2D eigenvalue weighted by Crippen LogP contribution is -2.60. The molecule has 3 aromatic rings. The van der Waals surface area contributed by atoms with E-state index in [0.29, 0.717) is 42.6 Å². The van der Waals surface area contributed by atoms with Crippen molar-refractivity contribution in [2.24, 2.45) is 0 Å². The second kappa shape index (κ2) is 8.72. The van der Waals surface area contributed by atoms with Crippen LogP contribution in [0.5, 0.6) is 5.75 Å². The van der Waals surface area contributed by atoms with E-state index in [1.165, 1.54) is 25.5 Å². The molecule has 1 unspecified atom stereocenters. The van der Waals surface area contributed by atoms with Gasteiger partial charge in [-0.25, -0.2) is 0 Å². The molecule has 9 heteroatoms. The molecule has 2 aliphatic heterocycles. The Bertz CT molecular complexity index is 1290. The van der Waals surface area contributed by atoms with Gasteiger partial charge in [-0.2, -0.15) is 0 Å². The summed E-state index contributed by atoms with van der Waals surface area (Å²) in [6.07, 6.45) is 9.47. The van der Waals surface area contributed by atoms with Gasteiger partial charge in [0, 0.05) is 30.9 Å². The number of benzene rings is 1. The third-order valence-corrected chi connectivity index (χ3v) is 7.95. The molecule has 3 aliphatic rings. The monoisotopic (exact) mass is 489 g/mol. The topological polar surface area (TPSA) is 92.8 Å². The van der Waals surface area contributed by atoms with E-state index in [0.717, 1.165) is 29.8 Å². The zero-order chi connectivity index (χ0) is 24.9. The molecule has 0 bridgehead atoms. The van der Waals surface area contributed by atoms with E-state index in [-0.39, 0.29) is 11.8 Å². The molecule has 1 atom stereocenters. The summed E-state index contributed by atoms with van der Waals surface area (Å²) in [6.45, 7) is 3.05. The average Bonchev–Trinajstić information content (AvgIpc) is 3.62.